The Hall–Kier alpha value is -1.95. The molecule has 2 heterocycles. The van der Waals surface area contributed by atoms with E-state index in [1.54, 1.807) is 4.90 Å². The minimum atomic E-state index is -0.346. The fraction of sp³-hybridized carbons (Fsp3) is 0.636. The lowest BCUT2D eigenvalue weighted by Gasteiger charge is -2.32. The molecule has 2 saturated heterocycles. The Morgan fingerprint density at radius 2 is 1.68 bits per heavy atom. The highest BCUT2D eigenvalue weighted by molar-refractivity contribution is 5.94. The van der Waals surface area contributed by atoms with Gasteiger partial charge >= 0.3 is 0 Å². The molecule has 2 fully saturated rings. The van der Waals surface area contributed by atoms with Gasteiger partial charge in [0.25, 0.3) is 5.91 Å². The first kappa shape index (κ1) is 20.8. The van der Waals surface area contributed by atoms with Crippen LogP contribution in [0.25, 0.3) is 0 Å². The molecule has 2 amide bonds. The van der Waals surface area contributed by atoms with E-state index < -0.39 is 0 Å². The molecule has 2 aliphatic heterocycles. The molecule has 1 aromatic carbocycles. The molecule has 0 spiro atoms. The molecule has 1 aromatic rings. The van der Waals surface area contributed by atoms with Crippen molar-refractivity contribution < 1.29 is 14.0 Å². The molecule has 154 valence electrons. The van der Waals surface area contributed by atoms with Crippen molar-refractivity contribution in [3.8, 4) is 0 Å². The fourth-order valence-corrected chi connectivity index (χ4v) is 4.06. The molecular weight excluding hydrogens is 357 g/mol. The van der Waals surface area contributed by atoms with Crippen molar-refractivity contribution in [3.63, 3.8) is 0 Å². The Morgan fingerprint density at radius 3 is 2.32 bits per heavy atom. The molecule has 5 nitrogen and oxygen atoms in total. The second-order valence-electron chi connectivity index (χ2n) is 8.24. The topological polar surface area (TPSA) is 52.7 Å². The number of rotatable bonds is 6. The molecule has 0 bridgehead atoms. The van der Waals surface area contributed by atoms with Crippen LogP contribution in [0, 0.1) is 17.7 Å². The number of likely N-dealkylation sites (tertiary alicyclic amines) is 2. The molecule has 0 aromatic heterocycles. The van der Waals surface area contributed by atoms with Crippen LogP contribution in [0.15, 0.2) is 24.3 Å². The maximum atomic E-state index is 13.0. The summed E-state index contributed by atoms with van der Waals surface area (Å²) < 4.78 is 13.0. The van der Waals surface area contributed by atoms with E-state index in [2.05, 4.69) is 17.1 Å². The molecule has 1 N–H and O–H groups in total. The van der Waals surface area contributed by atoms with Crippen molar-refractivity contribution in [2.45, 2.75) is 39.0 Å². The molecule has 3 rings (SSSR count). The van der Waals surface area contributed by atoms with Crippen LogP contribution >= 0.6 is 0 Å². The van der Waals surface area contributed by atoms with Crippen molar-refractivity contribution in [2.75, 3.05) is 39.3 Å². The monoisotopic (exact) mass is 389 g/mol. The van der Waals surface area contributed by atoms with Gasteiger partial charge in [-0.05, 0) is 81.9 Å². The number of hydrogen-bond acceptors (Lipinski definition) is 3. The van der Waals surface area contributed by atoms with Crippen molar-refractivity contribution in [1.82, 2.24) is 15.1 Å². The Labute approximate surface area is 167 Å². The summed E-state index contributed by atoms with van der Waals surface area (Å²) in [7, 11) is 0. The molecule has 2 aliphatic rings. The highest BCUT2D eigenvalue weighted by Gasteiger charge is 2.27. The highest BCUT2D eigenvalue weighted by Crippen LogP contribution is 2.20. The summed E-state index contributed by atoms with van der Waals surface area (Å²) in [6, 6.07) is 5.63. The van der Waals surface area contributed by atoms with E-state index in [0.29, 0.717) is 31.5 Å². The van der Waals surface area contributed by atoms with Gasteiger partial charge in [0.1, 0.15) is 5.82 Å². The van der Waals surface area contributed by atoms with E-state index in [0.717, 1.165) is 25.4 Å². The lowest BCUT2D eigenvalue weighted by Crippen LogP contribution is -2.43. The minimum absolute atomic E-state index is 0.0203. The second-order valence-corrected chi connectivity index (χ2v) is 8.24. The van der Waals surface area contributed by atoms with Crippen molar-refractivity contribution in [1.29, 1.82) is 0 Å². The van der Waals surface area contributed by atoms with Crippen LogP contribution in [-0.4, -0.2) is 60.9 Å². The van der Waals surface area contributed by atoms with Gasteiger partial charge in [-0.25, -0.2) is 4.39 Å². The number of hydrogen-bond donors (Lipinski definition) is 1. The van der Waals surface area contributed by atoms with Crippen molar-refractivity contribution in [2.24, 2.45) is 11.8 Å². The normalized spacial score (nSPS) is 19.6. The van der Waals surface area contributed by atoms with E-state index >= 15 is 0 Å². The van der Waals surface area contributed by atoms with E-state index in [4.69, 9.17) is 0 Å². The number of carbonyl (C=O) groups excluding carboxylic acids is 2. The van der Waals surface area contributed by atoms with E-state index in [-0.39, 0.29) is 23.5 Å². The Balaban J connectivity index is 1.33. The average molecular weight is 390 g/mol. The molecule has 0 saturated carbocycles. The number of amides is 2. The Bertz CT molecular complexity index is 648. The number of benzene rings is 1. The van der Waals surface area contributed by atoms with E-state index in [9.17, 15) is 14.0 Å². The first-order valence-corrected chi connectivity index (χ1v) is 10.6. The summed E-state index contributed by atoms with van der Waals surface area (Å²) in [5.41, 5.74) is 0.497. The zero-order chi connectivity index (χ0) is 19.9. The van der Waals surface area contributed by atoms with Gasteiger partial charge in [-0.1, -0.05) is 6.92 Å². The van der Waals surface area contributed by atoms with Crippen LogP contribution in [0.1, 0.15) is 49.4 Å². The number of nitrogens with zero attached hydrogens (tertiary/aromatic N) is 2. The van der Waals surface area contributed by atoms with Gasteiger partial charge in [0.2, 0.25) is 5.91 Å². The average Bonchev–Trinajstić information content (AvgIpc) is 2.72. The van der Waals surface area contributed by atoms with Crippen LogP contribution < -0.4 is 5.32 Å². The number of carbonyl (C=O) groups is 2. The van der Waals surface area contributed by atoms with Crippen LogP contribution in [0.5, 0.6) is 0 Å². The lowest BCUT2D eigenvalue weighted by molar-refractivity contribution is -0.126. The van der Waals surface area contributed by atoms with Gasteiger partial charge in [0.15, 0.2) is 0 Å². The number of nitrogens with one attached hydrogen (secondary N) is 1. The molecule has 0 atom stereocenters. The first-order chi connectivity index (χ1) is 13.5. The van der Waals surface area contributed by atoms with E-state index in [1.165, 1.54) is 50.2 Å². The SMILES string of the molecule is CC1CCN(CCCNC(=O)C2CCN(C(=O)c3ccc(F)cc3)CC2)CC1. The molecule has 0 unspecified atom stereocenters. The fourth-order valence-electron chi connectivity index (χ4n) is 4.06. The summed E-state index contributed by atoms with van der Waals surface area (Å²) in [6.07, 6.45) is 4.91. The molecule has 28 heavy (non-hydrogen) atoms. The zero-order valence-corrected chi connectivity index (χ0v) is 16.8. The molecule has 0 aliphatic carbocycles. The Morgan fingerprint density at radius 1 is 1.04 bits per heavy atom. The Kier molecular flexibility index (Phi) is 7.43. The summed E-state index contributed by atoms with van der Waals surface area (Å²) in [4.78, 5) is 29.1. The van der Waals surface area contributed by atoms with Gasteiger partial charge in [0, 0.05) is 31.1 Å². The van der Waals surface area contributed by atoms with Crippen LogP contribution in [0.4, 0.5) is 4.39 Å². The van der Waals surface area contributed by atoms with Gasteiger partial charge in [-0.15, -0.1) is 0 Å². The molecule has 0 radical (unpaired) electrons. The van der Waals surface area contributed by atoms with Crippen LogP contribution in [0.2, 0.25) is 0 Å². The maximum absolute atomic E-state index is 13.0. The smallest absolute Gasteiger partial charge is 0.253 e. The van der Waals surface area contributed by atoms with Crippen molar-refractivity contribution in [3.05, 3.63) is 35.6 Å². The largest absolute Gasteiger partial charge is 0.356 e. The second kappa shape index (κ2) is 10.0. The summed E-state index contributed by atoms with van der Waals surface area (Å²) in [5, 5.41) is 3.07. The van der Waals surface area contributed by atoms with E-state index in [1.807, 2.05) is 0 Å². The zero-order valence-electron chi connectivity index (χ0n) is 16.8. The van der Waals surface area contributed by atoms with Crippen LogP contribution in [0.3, 0.4) is 0 Å². The van der Waals surface area contributed by atoms with Gasteiger partial charge in [-0.2, -0.15) is 0 Å². The number of halogens is 1. The standard InChI is InChI=1S/C22H32FN3O2/c1-17-7-13-25(14-8-17)12-2-11-24-21(27)18-9-15-26(16-10-18)22(28)19-3-5-20(23)6-4-19/h3-6,17-18H,2,7-16H2,1H3,(H,24,27). The molecule has 6 heteroatoms. The van der Waals surface area contributed by atoms with Crippen molar-refractivity contribution >= 4 is 11.8 Å². The van der Waals surface area contributed by atoms with Crippen LogP contribution in [-0.2, 0) is 4.79 Å². The lowest BCUT2D eigenvalue weighted by atomic mass is 9.95. The predicted octanol–water partition coefficient (Wildman–Crippen LogP) is 2.92. The minimum Gasteiger partial charge on any atom is -0.356 e. The van der Waals surface area contributed by atoms with Gasteiger partial charge in [-0.3, -0.25) is 9.59 Å². The summed E-state index contributed by atoms with van der Waals surface area (Å²) in [5.74, 6) is 0.502. The quantitative estimate of drug-likeness (QED) is 0.761. The summed E-state index contributed by atoms with van der Waals surface area (Å²) >= 11 is 0. The summed E-state index contributed by atoms with van der Waals surface area (Å²) in [6.45, 7) is 7.58. The third kappa shape index (κ3) is 5.77. The third-order valence-electron chi connectivity index (χ3n) is 6.07. The number of piperidine rings is 2. The van der Waals surface area contributed by atoms with Gasteiger partial charge < -0.3 is 15.1 Å². The predicted molar refractivity (Wildman–Crippen MR) is 107 cm³/mol. The highest BCUT2D eigenvalue weighted by atomic mass is 19.1. The maximum Gasteiger partial charge on any atom is 0.253 e. The molecular formula is C22H32FN3O2. The third-order valence-corrected chi connectivity index (χ3v) is 6.07. The first-order valence-electron chi connectivity index (χ1n) is 10.6. The van der Waals surface area contributed by atoms with Gasteiger partial charge in [0.05, 0.1) is 0 Å².